The smallest absolute Gasteiger partial charge is 0.119 e. The molecule has 4 heteroatoms. The molecule has 1 saturated heterocycles. The van der Waals surface area contributed by atoms with Crippen molar-refractivity contribution in [2.24, 2.45) is 5.92 Å². The molecule has 0 radical (unpaired) electrons. The van der Waals surface area contributed by atoms with Crippen molar-refractivity contribution < 1.29 is 9.84 Å². The van der Waals surface area contributed by atoms with Gasteiger partial charge in [-0.3, -0.25) is 0 Å². The van der Waals surface area contributed by atoms with Gasteiger partial charge in [-0.05, 0) is 62.5 Å². The van der Waals surface area contributed by atoms with Gasteiger partial charge in [0, 0.05) is 13.2 Å². The van der Waals surface area contributed by atoms with Crippen LogP contribution in [0.3, 0.4) is 0 Å². The summed E-state index contributed by atoms with van der Waals surface area (Å²) in [7, 11) is 0. The third-order valence-electron chi connectivity index (χ3n) is 3.81. The Morgan fingerprint density at radius 1 is 1.25 bits per heavy atom. The maximum absolute atomic E-state index is 8.83. The number of rotatable bonds is 6. The van der Waals surface area contributed by atoms with Gasteiger partial charge in [0.25, 0.3) is 0 Å². The molecule has 0 aliphatic carbocycles. The third kappa shape index (κ3) is 4.52. The van der Waals surface area contributed by atoms with E-state index in [2.05, 4.69) is 11.0 Å². The van der Waals surface area contributed by atoms with Crippen molar-refractivity contribution in [1.29, 1.82) is 5.26 Å². The van der Waals surface area contributed by atoms with Crippen LogP contribution in [0.4, 0.5) is 0 Å². The maximum Gasteiger partial charge on any atom is 0.119 e. The van der Waals surface area contributed by atoms with Crippen molar-refractivity contribution >= 4 is 0 Å². The van der Waals surface area contributed by atoms with Crippen molar-refractivity contribution in [3.63, 3.8) is 0 Å². The highest BCUT2D eigenvalue weighted by Gasteiger charge is 2.19. The SMILES string of the molecule is N#Cc1ccc(OCC2CCN(CCCO)CC2)cc1. The zero-order chi connectivity index (χ0) is 14.2. The largest absolute Gasteiger partial charge is 0.493 e. The van der Waals surface area contributed by atoms with Gasteiger partial charge in [0.15, 0.2) is 0 Å². The molecule has 1 aromatic rings. The molecular weight excluding hydrogens is 252 g/mol. The molecule has 0 amide bonds. The molecule has 2 rings (SSSR count). The van der Waals surface area contributed by atoms with E-state index in [0.29, 0.717) is 11.5 Å². The number of benzene rings is 1. The fraction of sp³-hybridized carbons (Fsp3) is 0.562. The summed E-state index contributed by atoms with van der Waals surface area (Å²) in [6.45, 7) is 4.23. The summed E-state index contributed by atoms with van der Waals surface area (Å²) < 4.78 is 5.79. The van der Waals surface area contributed by atoms with Crippen LogP contribution in [0.1, 0.15) is 24.8 Å². The second kappa shape index (κ2) is 7.88. The molecule has 0 bridgehead atoms. The van der Waals surface area contributed by atoms with Gasteiger partial charge < -0.3 is 14.7 Å². The van der Waals surface area contributed by atoms with Crippen LogP contribution in [0.5, 0.6) is 5.75 Å². The highest BCUT2D eigenvalue weighted by Crippen LogP contribution is 2.19. The summed E-state index contributed by atoms with van der Waals surface area (Å²) in [5.41, 5.74) is 0.662. The molecule has 1 fully saturated rings. The van der Waals surface area contributed by atoms with E-state index in [1.807, 2.05) is 12.1 Å². The summed E-state index contributed by atoms with van der Waals surface area (Å²) >= 11 is 0. The van der Waals surface area contributed by atoms with E-state index in [1.165, 1.54) is 0 Å². The predicted molar refractivity (Wildman–Crippen MR) is 77.5 cm³/mol. The number of nitrogens with zero attached hydrogens (tertiary/aromatic N) is 2. The number of nitriles is 1. The van der Waals surface area contributed by atoms with E-state index in [4.69, 9.17) is 15.1 Å². The Bertz CT molecular complexity index is 431. The standard InChI is InChI=1S/C16H22N2O2/c17-12-14-2-4-16(5-3-14)20-13-15-6-9-18(10-7-15)8-1-11-19/h2-5,15,19H,1,6-11,13H2. The normalized spacial score (nSPS) is 16.8. The number of ether oxygens (including phenoxy) is 1. The molecule has 1 aromatic carbocycles. The molecule has 0 spiro atoms. The van der Waals surface area contributed by atoms with E-state index >= 15 is 0 Å². The van der Waals surface area contributed by atoms with Crippen molar-refractivity contribution in [1.82, 2.24) is 4.90 Å². The summed E-state index contributed by atoms with van der Waals surface area (Å²) in [4.78, 5) is 2.41. The summed E-state index contributed by atoms with van der Waals surface area (Å²) in [6, 6.07) is 9.38. The lowest BCUT2D eigenvalue weighted by Crippen LogP contribution is -2.36. The van der Waals surface area contributed by atoms with E-state index < -0.39 is 0 Å². The van der Waals surface area contributed by atoms with Gasteiger partial charge >= 0.3 is 0 Å². The summed E-state index contributed by atoms with van der Waals surface area (Å²) in [6.07, 6.45) is 3.18. The van der Waals surface area contributed by atoms with E-state index in [1.54, 1.807) is 12.1 Å². The molecule has 1 aliphatic rings. The first-order chi connectivity index (χ1) is 9.81. The second-order valence-electron chi connectivity index (χ2n) is 5.31. The van der Waals surface area contributed by atoms with Crippen LogP contribution >= 0.6 is 0 Å². The summed E-state index contributed by atoms with van der Waals surface area (Å²) in [5.74, 6) is 1.45. The van der Waals surface area contributed by atoms with Crippen LogP contribution in [0.15, 0.2) is 24.3 Å². The number of aliphatic hydroxyl groups is 1. The van der Waals surface area contributed by atoms with E-state index in [-0.39, 0.29) is 6.61 Å². The fourth-order valence-electron chi connectivity index (χ4n) is 2.51. The van der Waals surface area contributed by atoms with E-state index in [9.17, 15) is 0 Å². The Labute approximate surface area is 120 Å². The Morgan fingerprint density at radius 2 is 1.95 bits per heavy atom. The van der Waals surface area contributed by atoms with Gasteiger partial charge in [-0.15, -0.1) is 0 Å². The molecular formula is C16H22N2O2. The van der Waals surface area contributed by atoms with Crippen LogP contribution in [0, 0.1) is 17.2 Å². The van der Waals surface area contributed by atoms with Gasteiger partial charge in [-0.1, -0.05) is 0 Å². The van der Waals surface area contributed by atoms with Crippen LogP contribution in [0.2, 0.25) is 0 Å². The Balaban J connectivity index is 1.69. The van der Waals surface area contributed by atoms with Crippen LogP contribution in [0.25, 0.3) is 0 Å². The lowest BCUT2D eigenvalue weighted by atomic mass is 9.98. The molecule has 0 atom stereocenters. The lowest BCUT2D eigenvalue weighted by molar-refractivity contribution is 0.133. The highest BCUT2D eigenvalue weighted by molar-refractivity contribution is 5.34. The first-order valence-electron chi connectivity index (χ1n) is 7.28. The van der Waals surface area contributed by atoms with Gasteiger partial charge in [0.2, 0.25) is 0 Å². The van der Waals surface area contributed by atoms with Crippen molar-refractivity contribution in [2.75, 3.05) is 32.8 Å². The zero-order valence-corrected chi connectivity index (χ0v) is 11.8. The molecule has 20 heavy (non-hydrogen) atoms. The lowest BCUT2D eigenvalue weighted by Gasteiger charge is -2.31. The fourth-order valence-corrected chi connectivity index (χ4v) is 2.51. The van der Waals surface area contributed by atoms with Crippen molar-refractivity contribution in [3.05, 3.63) is 29.8 Å². The zero-order valence-electron chi connectivity index (χ0n) is 11.8. The average Bonchev–Trinajstić information content (AvgIpc) is 2.52. The minimum atomic E-state index is 0.279. The molecule has 1 heterocycles. The second-order valence-corrected chi connectivity index (χ2v) is 5.31. The van der Waals surface area contributed by atoms with Crippen LogP contribution < -0.4 is 4.74 Å². The molecule has 1 N–H and O–H groups in total. The molecule has 1 aliphatic heterocycles. The van der Waals surface area contributed by atoms with Gasteiger partial charge in [0.1, 0.15) is 5.75 Å². The Morgan fingerprint density at radius 3 is 2.55 bits per heavy atom. The van der Waals surface area contributed by atoms with Gasteiger partial charge in [-0.2, -0.15) is 5.26 Å². The third-order valence-corrected chi connectivity index (χ3v) is 3.81. The van der Waals surface area contributed by atoms with Crippen molar-refractivity contribution in [2.45, 2.75) is 19.3 Å². The van der Waals surface area contributed by atoms with Crippen molar-refractivity contribution in [3.8, 4) is 11.8 Å². The van der Waals surface area contributed by atoms with E-state index in [0.717, 1.165) is 51.3 Å². The number of hydrogen-bond donors (Lipinski definition) is 1. The monoisotopic (exact) mass is 274 g/mol. The Kier molecular flexibility index (Phi) is 5.85. The Hall–Kier alpha value is -1.57. The minimum Gasteiger partial charge on any atom is -0.493 e. The molecule has 0 aromatic heterocycles. The highest BCUT2D eigenvalue weighted by atomic mass is 16.5. The molecule has 0 unspecified atom stereocenters. The number of piperidine rings is 1. The average molecular weight is 274 g/mol. The first kappa shape index (κ1) is 14.8. The molecule has 4 nitrogen and oxygen atoms in total. The molecule has 0 saturated carbocycles. The number of likely N-dealkylation sites (tertiary alicyclic amines) is 1. The topological polar surface area (TPSA) is 56.5 Å². The van der Waals surface area contributed by atoms with Gasteiger partial charge in [0.05, 0.1) is 18.2 Å². The number of hydrogen-bond acceptors (Lipinski definition) is 4. The summed E-state index contributed by atoms with van der Waals surface area (Å²) in [5, 5.41) is 17.6. The maximum atomic E-state index is 8.83. The van der Waals surface area contributed by atoms with Gasteiger partial charge in [-0.25, -0.2) is 0 Å². The van der Waals surface area contributed by atoms with Crippen LogP contribution in [-0.2, 0) is 0 Å². The molecule has 108 valence electrons. The number of aliphatic hydroxyl groups excluding tert-OH is 1. The first-order valence-corrected chi connectivity index (χ1v) is 7.28. The quantitative estimate of drug-likeness (QED) is 0.862. The predicted octanol–water partition coefficient (Wildman–Crippen LogP) is 2.03. The van der Waals surface area contributed by atoms with Crippen LogP contribution in [-0.4, -0.2) is 42.9 Å². The minimum absolute atomic E-state index is 0.279.